The van der Waals surface area contributed by atoms with Gasteiger partial charge < -0.3 is 5.32 Å². The van der Waals surface area contributed by atoms with Crippen molar-refractivity contribution in [1.82, 2.24) is 14.8 Å². The molecule has 0 spiro atoms. The summed E-state index contributed by atoms with van der Waals surface area (Å²) < 4.78 is 1.88. The summed E-state index contributed by atoms with van der Waals surface area (Å²) in [6.45, 7) is 6.37. The number of hydrogen-bond acceptors (Lipinski definition) is 5. The van der Waals surface area contributed by atoms with E-state index in [-0.39, 0.29) is 17.2 Å². The highest BCUT2D eigenvalue weighted by molar-refractivity contribution is 7.99. The van der Waals surface area contributed by atoms with Crippen molar-refractivity contribution >= 4 is 23.5 Å². The molecule has 1 aliphatic heterocycles. The maximum Gasteiger partial charge on any atom is 0.227 e. The number of aromatic nitrogens is 3. The molecule has 0 unspecified atom stereocenters. The summed E-state index contributed by atoms with van der Waals surface area (Å²) in [5, 5.41) is 8.83. The van der Waals surface area contributed by atoms with Crippen LogP contribution in [0.4, 0.5) is 5.95 Å². The molecule has 1 aliphatic carbocycles. The highest BCUT2D eigenvalue weighted by Crippen LogP contribution is 2.45. The Balaban J connectivity index is 1.88. The summed E-state index contributed by atoms with van der Waals surface area (Å²) >= 11 is 1.61. The zero-order valence-electron chi connectivity index (χ0n) is 14.7. The number of nitrogens with zero attached hydrogens (tertiary/aromatic N) is 3. The van der Waals surface area contributed by atoms with E-state index in [1.54, 1.807) is 11.8 Å². The van der Waals surface area contributed by atoms with Crippen LogP contribution in [0, 0.1) is 5.41 Å². The molecule has 0 radical (unpaired) electrons. The van der Waals surface area contributed by atoms with Gasteiger partial charge in [0.2, 0.25) is 11.1 Å². The molecule has 0 saturated heterocycles. The normalized spacial score (nSPS) is 21.6. The molecule has 1 aromatic heterocycles. The summed E-state index contributed by atoms with van der Waals surface area (Å²) in [4.78, 5) is 17.6. The standard InChI is InChI=1S/C19H22N4OS/c1-4-25-18-21-17-20-13-10-19(2,3)11-14(24)15(13)16(23(17)22-18)12-8-6-5-7-9-12/h5-9,16H,4,10-11H2,1-3H3,(H,20,21,22)/t16-/m1/s1. The number of nitrogens with one attached hydrogen (secondary N) is 1. The van der Waals surface area contributed by atoms with Gasteiger partial charge in [0.05, 0.1) is 0 Å². The first-order valence-corrected chi connectivity index (χ1v) is 9.64. The third-order valence-corrected chi connectivity index (χ3v) is 5.42. The number of carbonyl (C=O) groups excluding carboxylic acids is 1. The molecule has 2 aliphatic rings. The monoisotopic (exact) mass is 354 g/mol. The SMILES string of the molecule is CCSc1nc2n(n1)[C@H](c1ccccc1)C1=C(CC(C)(C)CC1=O)N2. The Morgan fingerprint density at radius 3 is 2.76 bits per heavy atom. The first-order chi connectivity index (χ1) is 12.0. The number of anilines is 1. The second-order valence-electron chi connectivity index (χ2n) is 7.37. The summed E-state index contributed by atoms with van der Waals surface area (Å²) in [5.41, 5.74) is 2.88. The molecule has 2 aromatic rings. The van der Waals surface area contributed by atoms with E-state index in [1.165, 1.54) is 0 Å². The number of fused-ring (bicyclic) bond motifs is 1. The molecule has 2 heterocycles. The first-order valence-electron chi connectivity index (χ1n) is 8.66. The highest BCUT2D eigenvalue weighted by atomic mass is 32.2. The summed E-state index contributed by atoms with van der Waals surface area (Å²) in [5.74, 6) is 1.85. The van der Waals surface area contributed by atoms with Crippen molar-refractivity contribution < 1.29 is 4.79 Å². The van der Waals surface area contributed by atoms with Gasteiger partial charge in [-0.25, -0.2) is 4.68 Å². The number of thioether (sulfide) groups is 1. The number of benzene rings is 1. The van der Waals surface area contributed by atoms with Crippen molar-refractivity contribution in [1.29, 1.82) is 0 Å². The van der Waals surface area contributed by atoms with Crippen molar-refractivity contribution in [3.8, 4) is 0 Å². The second-order valence-corrected chi connectivity index (χ2v) is 8.60. The van der Waals surface area contributed by atoms with Crippen LogP contribution in [-0.4, -0.2) is 26.3 Å². The predicted octanol–water partition coefficient (Wildman–Crippen LogP) is 4.05. The summed E-state index contributed by atoms with van der Waals surface area (Å²) in [6, 6.07) is 9.93. The summed E-state index contributed by atoms with van der Waals surface area (Å²) in [6.07, 6.45) is 1.41. The minimum absolute atomic E-state index is 0.0344. The van der Waals surface area contributed by atoms with Crippen LogP contribution in [0.3, 0.4) is 0 Å². The number of carbonyl (C=O) groups is 1. The van der Waals surface area contributed by atoms with Crippen LogP contribution in [0.15, 0.2) is 46.8 Å². The Hall–Kier alpha value is -2.08. The molecule has 4 rings (SSSR count). The molecule has 130 valence electrons. The van der Waals surface area contributed by atoms with Gasteiger partial charge in [0.15, 0.2) is 5.78 Å². The van der Waals surface area contributed by atoms with Gasteiger partial charge in [0.1, 0.15) is 6.04 Å². The van der Waals surface area contributed by atoms with Gasteiger partial charge in [0.25, 0.3) is 0 Å². The van der Waals surface area contributed by atoms with Gasteiger partial charge in [-0.05, 0) is 23.2 Å². The van der Waals surface area contributed by atoms with Gasteiger partial charge in [-0.1, -0.05) is 62.9 Å². The average molecular weight is 354 g/mol. The van der Waals surface area contributed by atoms with Crippen molar-refractivity contribution in [2.45, 2.75) is 44.8 Å². The van der Waals surface area contributed by atoms with Gasteiger partial charge in [0, 0.05) is 17.7 Å². The van der Waals surface area contributed by atoms with Crippen molar-refractivity contribution in [2.75, 3.05) is 11.1 Å². The zero-order valence-corrected chi connectivity index (χ0v) is 15.6. The molecule has 1 aromatic carbocycles. The minimum atomic E-state index is -0.199. The third-order valence-electron chi connectivity index (χ3n) is 4.70. The minimum Gasteiger partial charge on any atom is -0.328 e. The van der Waals surface area contributed by atoms with Crippen LogP contribution < -0.4 is 5.32 Å². The molecule has 25 heavy (non-hydrogen) atoms. The molecule has 0 amide bonds. The predicted molar refractivity (Wildman–Crippen MR) is 99.7 cm³/mol. The largest absolute Gasteiger partial charge is 0.328 e. The maximum absolute atomic E-state index is 13.0. The molecule has 0 bridgehead atoms. The Labute approximate surface area is 151 Å². The molecule has 5 nitrogen and oxygen atoms in total. The number of rotatable bonds is 3. The highest BCUT2D eigenvalue weighted by Gasteiger charge is 2.41. The van der Waals surface area contributed by atoms with E-state index in [2.05, 4.69) is 48.3 Å². The van der Waals surface area contributed by atoms with Crippen LogP contribution in [-0.2, 0) is 4.79 Å². The van der Waals surface area contributed by atoms with Gasteiger partial charge in [-0.15, -0.1) is 5.10 Å². The van der Waals surface area contributed by atoms with E-state index >= 15 is 0 Å². The Bertz CT molecular complexity index is 854. The van der Waals surface area contributed by atoms with Crippen LogP contribution in [0.2, 0.25) is 0 Å². The molecular weight excluding hydrogens is 332 g/mol. The smallest absolute Gasteiger partial charge is 0.227 e. The maximum atomic E-state index is 13.0. The van der Waals surface area contributed by atoms with Crippen molar-refractivity contribution in [3.63, 3.8) is 0 Å². The van der Waals surface area contributed by atoms with E-state index in [4.69, 9.17) is 0 Å². The third kappa shape index (κ3) is 2.88. The fraction of sp³-hybridized carbons (Fsp3) is 0.421. The Kier molecular flexibility index (Phi) is 3.95. The quantitative estimate of drug-likeness (QED) is 0.843. The van der Waals surface area contributed by atoms with Crippen LogP contribution in [0.25, 0.3) is 0 Å². The lowest BCUT2D eigenvalue weighted by Gasteiger charge is -2.38. The van der Waals surface area contributed by atoms with E-state index in [9.17, 15) is 4.79 Å². The van der Waals surface area contributed by atoms with Crippen LogP contribution >= 0.6 is 11.8 Å². The number of Topliss-reactive ketones (excluding diaryl/α,β-unsaturated/α-hetero) is 1. The van der Waals surface area contributed by atoms with E-state index in [0.29, 0.717) is 6.42 Å². The molecular formula is C19H22N4OS. The second kappa shape index (κ2) is 6.02. The molecule has 0 saturated carbocycles. The lowest BCUT2D eigenvalue weighted by atomic mass is 9.73. The first kappa shape index (κ1) is 16.4. The van der Waals surface area contributed by atoms with E-state index < -0.39 is 0 Å². The van der Waals surface area contributed by atoms with Crippen LogP contribution in [0.5, 0.6) is 0 Å². The van der Waals surface area contributed by atoms with Crippen molar-refractivity contribution in [2.24, 2.45) is 5.41 Å². The van der Waals surface area contributed by atoms with Crippen LogP contribution in [0.1, 0.15) is 45.2 Å². The fourth-order valence-corrected chi connectivity index (χ4v) is 4.28. The average Bonchev–Trinajstić information content (AvgIpc) is 2.95. The van der Waals surface area contributed by atoms with E-state index in [0.717, 1.165) is 40.1 Å². The number of hydrogen-bond donors (Lipinski definition) is 1. The lowest BCUT2D eigenvalue weighted by molar-refractivity contribution is -0.118. The van der Waals surface area contributed by atoms with Gasteiger partial charge in [-0.3, -0.25) is 4.79 Å². The molecule has 1 N–H and O–H groups in total. The van der Waals surface area contributed by atoms with Gasteiger partial charge >= 0.3 is 0 Å². The molecule has 0 fully saturated rings. The Morgan fingerprint density at radius 2 is 2.04 bits per heavy atom. The fourth-order valence-electron chi connectivity index (χ4n) is 3.72. The van der Waals surface area contributed by atoms with Gasteiger partial charge in [-0.2, -0.15) is 4.98 Å². The number of ketones is 1. The number of allylic oxidation sites excluding steroid dienone is 2. The van der Waals surface area contributed by atoms with Crippen molar-refractivity contribution in [3.05, 3.63) is 47.2 Å². The summed E-state index contributed by atoms with van der Waals surface area (Å²) in [7, 11) is 0. The Morgan fingerprint density at radius 1 is 1.28 bits per heavy atom. The molecule has 1 atom stereocenters. The van der Waals surface area contributed by atoms with E-state index in [1.807, 2.05) is 22.9 Å². The lowest BCUT2D eigenvalue weighted by Crippen LogP contribution is -2.36. The topological polar surface area (TPSA) is 59.8 Å². The zero-order chi connectivity index (χ0) is 17.6. The molecule has 6 heteroatoms.